The lowest BCUT2D eigenvalue weighted by atomic mass is 10.0. The molecule has 0 bridgehead atoms. The molecule has 3 rings (SSSR count). The van der Waals surface area contributed by atoms with Crippen molar-refractivity contribution in [1.29, 1.82) is 0 Å². The summed E-state index contributed by atoms with van der Waals surface area (Å²) in [6.07, 6.45) is 5.34. The first kappa shape index (κ1) is 16.3. The van der Waals surface area contributed by atoms with Gasteiger partial charge in [-0.15, -0.1) is 11.3 Å². The van der Waals surface area contributed by atoms with Gasteiger partial charge in [-0.05, 0) is 26.3 Å². The Kier molecular flexibility index (Phi) is 5.53. The van der Waals surface area contributed by atoms with E-state index in [1.807, 2.05) is 18.4 Å². The lowest BCUT2D eigenvalue weighted by molar-refractivity contribution is 0.0922. The predicted molar refractivity (Wildman–Crippen MR) is 92.2 cm³/mol. The number of hydrogen-bond donors (Lipinski definition) is 1. The molecule has 0 aromatic carbocycles. The Bertz CT molecular complexity index is 619. The molecule has 1 aliphatic rings. The molecular formula is C16H23N5OS. The molecule has 0 aliphatic carbocycles. The first-order chi connectivity index (χ1) is 11.3. The van der Waals surface area contributed by atoms with Crippen molar-refractivity contribution in [3.63, 3.8) is 0 Å². The minimum absolute atomic E-state index is 0.274. The molecule has 1 saturated heterocycles. The summed E-state index contributed by atoms with van der Waals surface area (Å²) in [5.41, 5.74) is 0.978. The molecular weight excluding hydrogens is 310 g/mol. The van der Waals surface area contributed by atoms with Crippen LogP contribution in [0.3, 0.4) is 0 Å². The molecule has 6 nitrogen and oxygen atoms in total. The number of hydrogen-bond acceptors (Lipinski definition) is 7. The normalized spacial score (nSPS) is 19.0. The standard InChI is InChI=1S/C16H23N5OS/c1-12-11-14(20-16-17-6-10-23-16)19-15(18-12)13-5-3-4-7-21(13)8-9-22-2/h6,10-11,13H,3-5,7-9H2,1-2H3,(H,17,18,19,20)/t13-/m1/s1. The number of thiazole rings is 1. The minimum Gasteiger partial charge on any atom is -0.383 e. The van der Waals surface area contributed by atoms with Crippen LogP contribution in [0.15, 0.2) is 17.6 Å². The zero-order chi connectivity index (χ0) is 16.1. The maximum atomic E-state index is 5.24. The molecule has 2 aromatic heterocycles. The molecule has 0 saturated carbocycles. The van der Waals surface area contributed by atoms with Crippen molar-refractivity contribution in [3.8, 4) is 0 Å². The second-order valence-electron chi connectivity index (χ2n) is 5.76. The van der Waals surface area contributed by atoms with E-state index in [0.29, 0.717) is 0 Å². The minimum atomic E-state index is 0.274. The van der Waals surface area contributed by atoms with E-state index in [9.17, 15) is 0 Å². The number of methoxy groups -OCH3 is 1. The SMILES string of the molecule is COCCN1CCCC[C@@H]1c1nc(C)cc(Nc2nccs2)n1. The summed E-state index contributed by atoms with van der Waals surface area (Å²) in [4.78, 5) is 16.1. The van der Waals surface area contributed by atoms with E-state index < -0.39 is 0 Å². The summed E-state index contributed by atoms with van der Waals surface area (Å²) in [6, 6.07) is 2.24. The van der Waals surface area contributed by atoms with E-state index in [1.54, 1.807) is 24.6 Å². The van der Waals surface area contributed by atoms with Gasteiger partial charge in [0.05, 0.1) is 12.6 Å². The number of piperidine rings is 1. The molecule has 1 aliphatic heterocycles. The fourth-order valence-corrected chi connectivity index (χ4v) is 3.49. The first-order valence-corrected chi connectivity index (χ1v) is 8.89. The highest BCUT2D eigenvalue weighted by atomic mass is 32.1. The molecule has 0 amide bonds. The van der Waals surface area contributed by atoms with Gasteiger partial charge >= 0.3 is 0 Å². The zero-order valence-corrected chi connectivity index (χ0v) is 14.5. The highest BCUT2D eigenvalue weighted by molar-refractivity contribution is 7.13. The molecule has 1 atom stereocenters. The Hall–Kier alpha value is -1.57. The Morgan fingerprint density at radius 1 is 1.39 bits per heavy atom. The number of aryl methyl sites for hydroxylation is 1. The van der Waals surface area contributed by atoms with Crippen LogP contribution in [0.2, 0.25) is 0 Å². The van der Waals surface area contributed by atoms with E-state index in [2.05, 4.69) is 15.2 Å². The van der Waals surface area contributed by atoms with Crippen molar-refractivity contribution in [3.05, 3.63) is 29.2 Å². The van der Waals surface area contributed by atoms with Crippen LogP contribution in [0.25, 0.3) is 0 Å². The maximum absolute atomic E-state index is 5.24. The van der Waals surface area contributed by atoms with E-state index >= 15 is 0 Å². The van der Waals surface area contributed by atoms with Gasteiger partial charge in [-0.2, -0.15) is 0 Å². The zero-order valence-electron chi connectivity index (χ0n) is 13.7. The highest BCUT2D eigenvalue weighted by Gasteiger charge is 2.26. The molecule has 3 heterocycles. The molecule has 124 valence electrons. The van der Waals surface area contributed by atoms with Crippen molar-refractivity contribution in [1.82, 2.24) is 19.9 Å². The number of ether oxygens (including phenoxy) is 1. The number of likely N-dealkylation sites (tertiary alicyclic amines) is 1. The summed E-state index contributed by atoms with van der Waals surface area (Å²) >= 11 is 1.57. The van der Waals surface area contributed by atoms with Crippen molar-refractivity contribution >= 4 is 22.3 Å². The Labute approximate surface area is 140 Å². The van der Waals surface area contributed by atoms with Gasteiger partial charge in [-0.1, -0.05) is 6.42 Å². The number of rotatable bonds is 6. The van der Waals surface area contributed by atoms with Crippen LogP contribution < -0.4 is 5.32 Å². The van der Waals surface area contributed by atoms with E-state index in [-0.39, 0.29) is 6.04 Å². The summed E-state index contributed by atoms with van der Waals surface area (Å²) in [7, 11) is 1.75. The molecule has 0 unspecified atom stereocenters. The first-order valence-electron chi connectivity index (χ1n) is 8.01. The van der Waals surface area contributed by atoms with Crippen molar-refractivity contribution in [2.45, 2.75) is 32.2 Å². The van der Waals surface area contributed by atoms with Gasteiger partial charge in [0.1, 0.15) is 11.6 Å². The third-order valence-electron chi connectivity index (χ3n) is 4.03. The monoisotopic (exact) mass is 333 g/mol. The van der Waals surface area contributed by atoms with Gasteiger partial charge in [0.25, 0.3) is 0 Å². The Morgan fingerprint density at radius 3 is 3.09 bits per heavy atom. The Morgan fingerprint density at radius 2 is 2.30 bits per heavy atom. The lowest BCUT2D eigenvalue weighted by Crippen LogP contribution is -2.36. The van der Waals surface area contributed by atoms with Crippen molar-refractivity contribution in [2.24, 2.45) is 0 Å². The predicted octanol–water partition coefficient (Wildman–Crippen LogP) is 3.16. The summed E-state index contributed by atoms with van der Waals surface area (Å²) < 4.78 is 5.24. The van der Waals surface area contributed by atoms with Crippen molar-refractivity contribution in [2.75, 3.05) is 32.1 Å². The summed E-state index contributed by atoms with van der Waals surface area (Å²) in [6.45, 7) is 4.77. The van der Waals surface area contributed by atoms with Crippen LogP contribution >= 0.6 is 11.3 Å². The molecule has 1 N–H and O–H groups in total. The smallest absolute Gasteiger partial charge is 0.188 e. The molecule has 7 heteroatoms. The van der Waals surface area contributed by atoms with Crippen LogP contribution in [0, 0.1) is 6.92 Å². The van der Waals surface area contributed by atoms with Gasteiger partial charge in [-0.25, -0.2) is 15.0 Å². The van der Waals surface area contributed by atoms with Crippen molar-refractivity contribution < 1.29 is 4.74 Å². The lowest BCUT2D eigenvalue weighted by Gasteiger charge is -2.34. The third kappa shape index (κ3) is 4.25. The van der Waals surface area contributed by atoms with Crippen LogP contribution in [-0.4, -0.2) is 46.7 Å². The summed E-state index contributed by atoms with van der Waals surface area (Å²) in [5, 5.41) is 6.08. The fourth-order valence-electron chi connectivity index (χ4n) is 2.96. The van der Waals surface area contributed by atoms with E-state index in [0.717, 1.165) is 48.6 Å². The fraction of sp³-hybridized carbons (Fsp3) is 0.562. The van der Waals surface area contributed by atoms with E-state index in [1.165, 1.54) is 12.8 Å². The largest absolute Gasteiger partial charge is 0.383 e. The number of nitrogens with zero attached hydrogens (tertiary/aromatic N) is 4. The van der Waals surface area contributed by atoms with Crippen LogP contribution in [0.5, 0.6) is 0 Å². The number of aromatic nitrogens is 3. The average Bonchev–Trinajstić information content (AvgIpc) is 3.05. The quantitative estimate of drug-likeness (QED) is 0.876. The Balaban J connectivity index is 1.81. The van der Waals surface area contributed by atoms with E-state index in [4.69, 9.17) is 14.7 Å². The van der Waals surface area contributed by atoms with Gasteiger partial charge in [0, 0.05) is 37.0 Å². The van der Waals surface area contributed by atoms with Gasteiger partial charge in [0.15, 0.2) is 5.13 Å². The van der Waals surface area contributed by atoms with Crippen LogP contribution in [0.4, 0.5) is 10.9 Å². The summed E-state index contributed by atoms with van der Waals surface area (Å²) in [5.74, 6) is 1.72. The highest BCUT2D eigenvalue weighted by Crippen LogP contribution is 2.29. The number of anilines is 2. The van der Waals surface area contributed by atoms with Gasteiger partial charge < -0.3 is 10.1 Å². The molecule has 2 aromatic rings. The third-order valence-corrected chi connectivity index (χ3v) is 4.72. The maximum Gasteiger partial charge on any atom is 0.188 e. The van der Waals surface area contributed by atoms with Crippen LogP contribution in [-0.2, 0) is 4.74 Å². The number of nitrogens with one attached hydrogen (secondary N) is 1. The molecule has 1 fully saturated rings. The molecule has 0 spiro atoms. The second-order valence-corrected chi connectivity index (χ2v) is 6.65. The second kappa shape index (κ2) is 7.81. The topological polar surface area (TPSA) is 63.2 Å². The molecule has 23 heavy (non-hydrogen) atoms. The average molecular weight is 333 g/mol. The van der Waals surface area contributed by atoms with Gasteiger partial charge in [-0.3, -0.25) is 4.90 Å². The van der Waals surface area contributed by atoms with Crippen LogP contribution in [0.1, 0.15) is 36.8 Å². The van der Waals surface area contributed by atoms with Gasteiger partial charge in [0.2, 0.25) is 0 Å². The molecule has 0 radical (unpaired) electrons.